The quantitative estimate of drug-likeness (QED) is 0.509. The average molecular weight is 119 g/mol. The number of hydrogen-bond donors (Lipinski definition) is 0. The Balaban J connectivity index is 2.68. The number of rotatable bonds is 3. The van der Waals surface area contributed by atoms with Crippen molar-refractivity contribution >= 4 is 9.39 Å². The third-order valence-corrected chi connectivity index (χ3v) is 1.12. The molecule has 0 fully saturated rings. The van der Waals surface area contributed by atoms with Crippen LogP contribution in [0.2, 0.25) is 0 Å². The molecular formula is C5H14NP. The van der Waals surface area contributed by atoms with Gasteiger partial charge in [-0.2, -0.15) is 0 Å². The Morgan fingerprint density at radius 2 is 2.14 bits per heavy atom. The van der Waals surface area contributed by atoms with Crippen LogP contribution in [0.3, 0.4) is 0 Å². The third-order valence-electron chi connectivity index (χ3n) is 0.864. The first-order valence-corrected chi connectivity index (χ1v) is 3.25. The van der Waals surface area contributed by atoms with Crippen molar-refractivity contribution in [1.29, 1.82) is 0 Å². The molecule has 2 heteroatoms. The van der Waals surface area contributed by atoms with Crippen LogP contribution in [-0.2, 0) is 0 Å². The Morgan fingerprint density at radius 1 is 1.57 bits per heavy atom. The fraction of sp³-hybridized carbons (Fsp3) is 1.00. The van der Waals surface area contributed by atoms with Gasteiger partial charge in [0.25, 0.3) is 0 Å². The molecule has 0 aliphatic rings. The minimum absolute atomic E-state index is 1.20. The van der Waals surface area contributed by atoms with Gasteiger partial charge in [0.15, 0.2) is 0 Å². The lowest BCUT2D eigenvalue weighted by molar-refractivity contribution is 0.536. The van der Waals surface area contributed by atoms with Gasteiger partial charge in [-0.25, -0.2) is 0 Å². The Bertz CT molecular complexity index is 37.1. The fourth-order valence-electron chi connectivity index (χ4n) is 0.408. The third kappa shape index (κ3) is 6.39. The van der Waals surface area contributed by atoms with Gasteiger partial charge < -0.3 is 0 Å². The lowest BCUT2D eigenvalue weighted by atomic mass is 10.3. The van der Waals surface area contributed by atoms with E-state index in [9.17, 15) is 0 Å². The van der Waals surface area contributed by atoms with E-state index >= 15 is 0 Å². The second-order valence-electron chi connectivity index (χ2n) is 1.83. The van der Waals surface area contributed by atoms with E-state index in [4.69, 9.17) is 0 Å². The van der Waals surface area contributed by atoms with E-state index in [1.165, 1.54) is 19.4 Å². The summed E-state index contributed by atoms with van der Waals surface area (Å²) in [6, 6.07) is 0. The van der Waals surface area contributed by atoms with Crippen molar-refractivity contribution in [1.82, 2.24) is 4.67 Å². The van der Waals surface area contributed by atoms with E-state index in [1.54, 1.807) is 0 Å². The highest BCUT2D eigenvalue weighted by molar-refractivity contribution is 7.13. The zero-order valence-corrected chi connectivity index (χ0v) is 6.30. The lowest BCUT2D eigenvalue weighted by Gasteiger charge is -2.05. The van der Waals surface area contributed by atoms with Gasteiger partial charge in [0.05, 0.1) is 0 Å². The van der Waals surface area contributed by atoms with Gasteiger partial charge in [-0.1, -0.05) is 22.7 Å². The molecule has 0 radical (unpaired) electrons. The van der Waals surface area contributed by atoms with Crippen molar-refractivity contribution in [3.8, 4) is 0 Å². The van der Waals surface area contributed by atoms with Gasteiger partial charge in [-0.15, -0.1) is 0 Å². The molecule has 44 valence electrons. The molecule has 0 aromatic heterocycles. The summed E-state index contributed by atoms with van der Waals surface area (Å²) in [5, 5.41) is 0. The molecule has 0 aromatic carbocycles. The Morgan fingerprint density at radius 3 is 2.29 bits per heavy atom. The van der Waals surface area contributed by atoms with E-state index in [0.717, 1.165) is 0 Å². The number of unbranched alkanes of at least 4 members (excludes halogenated alkanes) is 1. The second-order valence-corrected chi connectivity index (χ2v) is 2.72. The molecule has 0 aliphatic carbocycles. The van der Waals surface area contributed by atoms with Crippen molar-refractivity contribution in [2.24, 2.45) is 0 Å². The number of hydrogen-bond acceptors (Lipinski definition) is 1. The largest absolute Gasteiger partial charge is 0.290 e. The molecule has 0 amide bonds. The van der Waals surface area contributed by atoms with E-state index in [2.05, 4.69) is 28.0 Å². The summed E-state index contributed by atoms with van der Waals surface area (Å²) in [5.41, 5.74) is 0. The molecular weight excluding hydrogens is 105 g/mol. The molecule has 0 aliphatic heterocycles. The topological polar surface area (TPSA) is 3.24 Å². The summed E-state index contributed by atoms with van der Waals surface area (Å²) in [6.45, 7) is 3.40. The van der Waals surface area contributed by atoms with Crippen molar-refractivity contribution < 1.29 is 0 Å². The highest BCUT2D eigenvalue weighted by atomic mass is 31.0. The first-order valence-electron chi connectivity index (χ1n) is 2.73. The smallest absolute Gasteiger partial charge is 0.00130 e. The molecule has 0 aromatic rings. The average Bonchev–Trinajstić information content (AvgIpc) is 1.61. The monoisotopic (exact) mass is 119 g/mol. The minimum atomic E-state index is 1.20. The fourth-order valence-corrected chi connectivity index (χ4v) is 0.590. The predicted molar refractivity (Wildman–Crippen MR) is 37.2 cm³/mol. The highest BCUT2D eigenvalue weighted by Crippen LogP contribution is 1.95. The molecule has 0 heterocycles. The Labute approximate surface area is 48.3 Å². The standard InChI is InChI=1S/C5H14NP/c1-3-4-5-6(2)7/h3-5,7H2,1-2H3. The van der Waals surface area contributed by atoms with Crippen LogP contribution < -0.4 is 0 Å². The minimum Gasteiger partial charge on any atom is -0.290 e. The van der Waals surface area contributed by atoms with Crippen LogP contribution in [0.15, 0.2) is 0 Å². The summed E-state index contributed by atoms with van der Waals surface area (Å²) >= 11 is 0. The molecule has 0 saturated carbocycles. The molecule has 0 rings (SSSR count). The maximum Gasteiger partial charge on any atom is 0.00130 e. The van der Waals surface area contributed by atoms with Crippen LogP contribution in [0, 0.1) is 0 Å². The molecule has 1 atom stereocenters. The molecule has 0 saturated heterocycles. The van der Waals surface area contributed by atoms with Gasteiger partial charge in [0.1, 0.15) is 0 Å². The highest BCUT2D eigenvalue weighted by Gasteiger charge is 1.83. The lowest BCUT2D eigenvalue weighted by Crippen LogP contribution is -2.04. The molecule has 7 heavy (non-hydrogen) atoms. The van der Waals surface area contributed by atoms with Crippen LogP contribution in [0.1, 0.15) is 19.8 Å². The van der Waals surface area contributed by atoms with Gasteiger partial charge in [-0.3, -0.25) is 4.67 Å². The summed E-state index contributed by atoms with van der Waals surface area (Å²) in [6.07, 6.45) is 2.60. The van der Waals surface area contributed by atoms with Crippen LogP contribution in [-0.4, -0.2) is 18.3 Å². The van der Waals surface area contributed by atoms with Crippen molar-refractivity contribution in [2.45, 2.75) is 19.8 Å². The van der Waals surface area contributed by atoms with Crippen molar-refractivity contribution in [3.05, 3.63) is 0 Å². The molecule has 0 N–H and O–H groups in total. The molecule has 1 unspecified atom stereocenters. The van der Waals surface area contributed by atoms with Crippen LogP contribution >= 0.6 is 9.39 Å². The summed E-state index contributed by atoms with van der Waals surface area (Å²) in [7, 11) is 4.71. The van der Waals surface area contributed by atoms with E-state index in [0.29, 0.717) is 0 Å². The first-order chi connectivity index (χ1) is 3.27. The predicted octanol–water partition coefficient (Wildman–Crippen LogP) is 1.51. The summed E-state index contributed by atoms with van der Waals surface area (Å²) in [4.78, 5) is 0. The van der Waals surface area contributed by atoms with E-state index in [1.807, 2.05) is 0 Å². The zero-order chi connectivity index (χ0) is 5.70. The van der Waals surface area contributed by atoms with Crippen molar-refractivity contribution in [3.63, 3.8) is 0 Å². The summed E-state index contributed by atoms with van der Waals surface area (Å²) in [5.74, 6) is 0. The molecule has 0 spiro atoms. The maximum atomic E-state index is 2.64. The number of nitrogens with zero attached hydrogens (tertiary/aromatic N) is 1. The van der Waals surface area contributed by atoms with Gasteiger partial charge in [-0.05, 0) is 13.5 Å². The maximum absolute atomic E-state index is 2.64. The van der Waals surface area contributed by atoms with Gasteiger partial charge >= 0.3 is 0 Å². The molecule has 0 bridgehead atoms. The Hall–Kier alpha value is 0.390. The van der Waals surface area contributed by atoms with Gasteiger partial charge in [0, 0.05) is 6.54 Å². The first kappa shape index (κ1) is 7.39. The summed E-state index contributed by atoms with van der Waals surface area (Å²) < 4.78 is 2.13. The van der Waals surface area contributed by atoms with Crippen molar-refractivity contribution in [2.75, 3.05) is 13.6 Å². The zero-order valence-electron chi connectivity index (χ0n) is 5.15. The van der Waals surface area contributed by atoms with Crippen LogP contribution in [0.4, 0.5) is 0 Å². The normalized spacial score (nSPS) is 10.3. The van der Waals surface area contributed by atoms with Gasteiger partial charge in [0.2, 0.25) is 0 Å². The van der Waals surface area contributed by atoms with E-state index < -0.39 is 0 Å². The van der Waals surface area contributed by atoms with E-state index in [-0.39, 0.29) is 0 Å². The van der Waals surface area contributed by atoms with Crippen LogP contribution in [0.5, 0.6) is 0 Å². The second kappa shape index (κ2) is 4.55. The molecule has 1 nitrogen and oxygen atoms in total. The van der Waals surface area contributed by atoms with Crippen LogP contribution in [0.25, 0.3) is 0 Å². The SMILES string of the molecule is CCCCN(C)P. The Kier molecular flexibility index (Phi) is 4.80.